The van der Waals surface area contributed by atoms with Gasteiger partial charge >= 0.3 is 0 Å². The highest BCUT2D eigenvalue weighted by molar-refractivity contribution is 6.18. The van der Waals surface area contributed by atoms with Gasteiger partial charge in [-0.25, -0.2) is 9.97 Å². The molecule has 0 aliphatic heterocycles. The molecule has 1 N–H and O–H groups in total. The van der Waals surface area contributed by atoms with Crippen molar-refractivity contribution in [2.45, 2.75) is 25.7 Å². The van der Waals surface area contributed by atoms with Crippen LogP contribution < -0.4 is 5.32 Å². The first-order chi connectivity index (χ1) is 9.33. The first-order valence-corrected chi connectivity index (χ1v) is 7.36. The van der Waals surface area contributed by atoms with Crippen LogP contribution in [-0.2, 0) is 0 Å². The molecule has 3 nitrogen and oxygen atoms in total. The summed E-state index contributed by atoms with van der Waals surface area (Å²) in [4.78, 5) is 8.65. The van der Waals surface area contributed by atoms with Gasteiger partial charge in [0.25, 0.3) is 0 Å². The van der Waals surface area contributed by atoms with Crippen molar-refractivity contribution in [3.05, 3.63) is 30.6 Å². The molecule has 2 aromatic rings. The Morgan fingerprint density at radius 2 is 1.95 bits per heavy atom. The van der Waals surface area contributed by atoms with Crippen molar-refractivity contribution in [2.24, 2.45) is 5.41 Å². The number of alkyl halides is 1. The lowest BCUT2D eigenvalue weighted by molar-refractivity contribution is 0.368. The molecule has 4 heteroatoms. The van der Waals surface area contributed by atoms with Crippen molar-refractivity contribution >= 4 is 28.3 Å². The molecule has 0 bridgehead atoms. The molecule has 0 spiro atoms. The van der Waals surface area contributed by atoms with E-state index in [2.05, 4.69) is 21.4 Å². The minimum absolute atomic E-state index is 0.244. The highest BCUT2D eigenvalue weighted by Crippen LogP contribution is 2.39. The lowest BCUT2D eigenvalue weighted by Crippen LogP contribution is -2.28. The lowest BCUT2D eigenvalue weighted by atomic mass is 9.88. The third-order valence-electron chi connectivity index (χ3n) is 4.12. The molecule has 0 unspecified atom stereocenters. The van der Waals surface area contributed by atoms with Crippen LogP contribution in [0.2, 0.25) is 0 Å². The second-order valence-electron chi connectivity index (χ2n) is 5.43. The van der Waals surface area contributed by atoms with E-state index in [1.54, 1.807) is 6.33 Å². The number of nitrogens with one attached hydrogen (secondary N) is 1. The number of halogens is 1. The van der Waals surface area contributed by atoms with Crippen molar-refractivity contribution in [2.75, 3.05) is 17.7 Å². The summed E-state index contributed by atoms with van der Waals surface area (Å²) in [6, 6.07) is 8.08. The van der Waals surface area contributed by atoms with Gasteiger partial charge in [-0.15, -0.1) is 11.6 Å². The summed E-state index contributed by atoms with van der Waals surface area (Å²) < 4.78 is 0. The van der Waals surface area contributed by atoms with Gasteiger partial charge in [-0.1, -0.05) is 25.0 Å². The number of aromatic nitrogens is 2. The fourth-order valence-corrected chi connectivity index (χ4v) is 3.26. The summed E-state index contributed by atoms with van der Waals surface area (Å²) in [7, 11) is 0. The minimum Gasteiger partial charge on any atom is -0.369 e. The molecule has 1 aliphatic rings. The smallest absolute Gasteiger partial charge is 0.137 e. The van der Waals surface area contributed by atoms with E-state index in [0.717, 1.165) is 29.1 Å². The molecule has 19 heavy (non-hydrogen) atoms. The number of fused-ring (bicyclic) bond motifs is 1. The van der Waals surface area contributed by atoms with Crippen LogP contribution in [0.5, 0.6) is 0 Å². The largest absolute Gasteiger partial charge is 0.369 e. The van der Waals surface area contributed by atoms with E-state index >= 15 is 0 Å². The van der Waals surface area contributed by atoms with Gasteiger partial charge in [-0.05, 0) is 25.0 Å². The second-order valence-corrected chi connectivity index (χ2v) is 5.70. The molecule has 0 radical (unpaired) electrons. The molecule has 0 atom stereocenters. The van der Waals surface area contributed by atoms with Crippen LogP contribution in [0.1, 0.15) is 25.7 Å². The van der Waals surface area contributed by atoms with Crippen molar-refractivity contribution in [3.63, 3.8) is 0 Å². The summed E-state index contributed by atoms with van der Waals surface area (Å²) in [5, 5.41) is 4.56. The first kappa shape index (κ1) is 12.7. The normalized spacial score (nSPS) is 17.7. The van der Waals surface area contributed by atoms with Crippen LogP contribution in [0.4, 0.5) is 5.82 Å². The molecule has 1 aromatic carbocycles. The summed E-state index contributed by atoms with van der Waals surface area (Å²) >= 11 is 6.18. The maximum absolute atomic E-state index is 6.18. The zero-order valence-electron chi connectivity index (χ0n) is 10.9. The van der Waals surface area contributed by atoms with Crippen molar-refractivity contribution in [1.29, 1.82) is 0 Å². The Morgan fingerprint density at radius 1 is 1.16 bits per heavy atom. The van der Waals surface area contributed by atoms with Crippen LogP contribution in [0.3, 0.4) is 0 Å². The standard InChI is InChI=1S/C15H18ClN3/c16-9-15(7-3-4-8-15)10-17-14-12-5-1-2-6-13(12)18-11-19-14/h1-2,5-6,11H,3-4,7-10H2,(H,17,18,19). The lowest BCUT2D eigenvalue weighted by Gasteiger charge is -2.26. The zero-order chi connectivity index (χ0) is 13.1. The van der Waals surface area contributed by atoms with Gasteiger partial charge in [0.2, 0.25) is 0 Å². The quantitative estimate of drug-likeness (QED) is 0.862. The maximum Gasteiger partial charge on any atom is 0.137 e. The van der Waals surface area contributed by atoms with E-state index in [1.165, 1.54) is 25.7 Å². The number of hydrogen-bond donors (Lipinski definition) is 1. The van der Waals surface area contributed by atoms with Crippen LogP contribution in [0, 0.1) is 5.41 Å². The van der Waals surface area contributed by atoms with Gasteiger partial charge in [0, 0.05) is 23.2 Å². The molecule has 3 rings (SSSR count). The number of nitrogens with zero attached hydrogens (tertiary/aromatic N) is 2. The zero-order valence-corrected chi connectivity index (χ0v) is 11.7. The summed E-state index contributed by atoms with van der Waals surface area (Å²) in [6.07, 6.45) is 6.63. The minimum atomic E-state index is 0.244. The number of benzene rings is 1. The van der Waals surface area contributed by atoms with Gasteiger partial charge < -0.3 is 5.32 Å². The average Bonchev–Trinajstić information content (AvgIpc) is 2.94. The Hall–Kier alpha value is -1.35. The van der Waals surface area contributed by atoms with E-state index in [9.17, 15) is 0 Å². The highest BCUT2D eigenvalue weighted by Gasteiger charge is 2.32. The maximum atomic E-state index is 6.18. The Kier molecular flexibility index (Phi) is 3.56. The Labute approximate surface area is 118 Å². The van der Waals surface area contributed by atoms with Crippen molar-refractivity contribution < 1.29 is 0 Å². The fourth-order valence-electron chi connectivity index (χ4n) is 2.90. The highest BCUT2D eigenvalue weighted by atomic mass is 35.5. The molecule has 1 aliphatic carbocycles. The second kappa shape index (κ2) is 5.33. The van der Waals surface area contributed by atoms with Crippen LogP contribution in [-0.4, -0.2) is 22.4 Å². The monoisotopic (exact) mass is 275 g/mol. The predicted molar refractivity (Wildman–Crippen MR) is 79.6 cm³/mol. The summed E-state index contributed by atoms with van der Waals surface area (Å²) in [5.74, 6) is 1.64. The van der Waals surface area contributed by atoms with Crippen molar-refractivity contribution in [3.8, 4) is 0 Å². The van der Waals surface area contributed by atoms with Crippen LogP contribution in [0.25, 0.3) is 10.9 Å². The molecule has 1 saturated carbocycles. The van der Waals surface area contributed by atoms with Crippen LogP contribution >= 0.6 is 11.6 Å². The number of hydrogen-bond acceptors (Lipinski definition) is 3. The SMILES string of the molecule is ClCC1(CNc2ncnc3ccccc23)CCCC1. The van der Waals surface area contributed by atoms with E-state index in [4.69, 9.17) is 11.6 Å². The average molecular weight is 276 g/mol. The fraction of sp³-hybridized carbons (Fsp3) is 0.467. The predicted octanol–water partition coefficient (Wildman–Crippen LogP) is 3.84. The van der Waals surface area contributed by atoms with Gasteiger partial charge in [0.15, 0.2) is 0 Å². The molecule has 0 amide bonds. The van der Waals surface area contributed by atoms with Gasteiger partial charge in [0.05, 0.1) is 5.52 Å². The Bertz CT molecular complexity index is 559. The van der Waals surface area contributed by atoms with E-state index < -0.39 is 0 Å². The Balaban J connectivity index is 1.82. The summed E-state index contributed by atoms with van der Waals surface area (Å²) in [6.45, 7) is 0.900. The molecule has 1 aromatic heterocycles. The molecule has 0 saturated heterocycles. The number of para-hydroxylation sites is 1. The third kappa shape index (κ3) is 2.52. The van der Waals surface area contributed by atoms with Gasteiger partial charge in [-0.2, -0.15) is 0 Å². The van der Waals surface area contributed by atoms with Crippen molar-refractivity contribution in [1.82, 2.24) is 9.97 Å². The topological polar surface area (TPSA) is 37.8 Å². The van der Waals surface area contributed by atoms with E-state index in [1.807, 2.05) is 18.2 Å². The van der Waals surface area contributed by atoms with E-state index in [0.29, 0.717) is 0 Å². The molecular weight excluding hydrogens is 258 g/mol. The van der Waals surface area contributed by atoms with E-state index in [-0.39, 0.29) is 5.41 Å². The van der Waals surface area contributed by atoms with Gasteiger partial charge in [-0.3, -0.25) is 0 Å². The van der Waals surface area contributed by atoms with Gasteiger partial charge in [0.1, 0.15) is 12.1 Å². The third-order valence-corrected chi connectivity index (χ3v) is 4.69. The Morgan fingerprint density at radius 3 is 2.74 bits per heavy atom. The van der Waals surface area contributed by atoms with Crippen LogP contribution in [0.15, 0.2) is 30.6 Å². The molecule has 1 fully saturated rings. The molecule has 100 valence electrons. The molecule has 1 heterocycles. The summed E-state index contributed by atoms with van der Waals surface area (Å²) in [5.41, 5.74) is 1.22. The molecular formula is C15H18ClN3. The first-order valence-electron chi connectivity index (χ1n) is 6.83. The number of anilines is 1. The number of rotatable bonds is 4.